The van der Waals surface area contributed by atoms with Crippen LogP contribution in [0.2, 0.25) is 5.02 Å². The molecule has 0 saturated carbocycles. The van der Waals surface area contributed by atoms with Crippen molar-refractivity contribution in [2.75, 3.05) is 5.32 Å². The molecule has 0 saturated heterocycles. The second kappa shape index (κ2) is 6.83. The van der Waals surface area contributed by atoms with E-state index in [1.54, 1.807) is 11.3 Å². The number of anilines is 1. The molecular formula is C15H17BrClNOS. The highest BCUT2D eigenvalue weighted by atomic mass is 79.9. The molecule has 1 atom stereocenters. The van der Waals surface area contributed by atoms with E-state index in [9.17, 15) is 0 Å². The quantitative estimate of drug-likeness (QED) is 0.680. The number of benzene rings is 1. The van der Waals surface area contributed by atoms with E-state index in [1.807, 2.05) is 32.0 Å². The Balaban J connectivity index is 2.08. The first kappa shape index (κ1) is 15.7. The van der Waals surface area contributed by atoms with Crippen LogP contribution >= 0.6 is 38.9 Å². The second-order valence-corrected chi connectivity index (χ2v) is 7.72. The first-order chi connectivity index (χ1) is 9.45. The molecule has 0 spiro atoms. The Labute approximate surface area is 137 Å². The van der Waals surface area contributed by atoms with E-state index < -0.39 is 0 Å². The van der Waals surface area contributed by atoms with E-state index in [1.165, 1.54) is 4.88 Å². The van der Waals surface area contributed by atoms with Crippen molar-refractivity contribution < 1.29 is 4.74 Å². The van der Waals surface area contributed by atoms with Gasteiger partial charge in [0.25, 0.3) is 0 Å². The summed E-state index contributed by atoms with van der Waals surface area (Å²) in [6.45, 7) is 6.10. The molecule has 2 aromatic rings. The lowest BCUT2D eigenvalue weighted by Gasteiger charge is -2.16. The zero-order valence-corrected chi connectivity index (χ0v) is 14.8. The summed E-state index contributed by atoms with van der Waals surface area (Å²) in [5, 5.41) is 4.07. The van der Waals surface area contributed by atoms with Gasteiger partial charge in [-0.05, 0) is 67.0 Å². The Bertz CT molecular complexity index is 585. The van der Waals surface area contributed by atoms with Gasteiger partial charge in [0.1, 0.15) is 5.75 Å². The largest absolute Gasteiger partial charge is 0.489 e. The van der Waals surface area contributed by atoms with Gasteiger partial charge in [-0.25, -0.2) is 0 Å². The zero-order valence-electron chi connectivity index (χ0n) is 11.6. The van der Waals surface area contributed by atoms with Gasteiger partial charge in [0, 0.05) is 10.6 Å². The lowest BCUT2D eigenvalue weighted by molar-refractivity contribution is 0.242. The summed E-state index contributed by atoms with van der Waals surface area (Å²) in [6, 6.07) is 10.2. The summed E-state index contributed by atoms with van der Waals surface area (Å²) in [5.74, 6) is 0.721. The van der Waals surface area contributed by atoms with Crippen LogP contribution in [-0.2, 0) is 0 Å². The Kier molecular flexibility index (Phi) is 5.35. The SMILES string of the molecule is CC(C)Oc1ccc(NC(C)c2ccc(Br)s2)cc1Cl. The molecule has 0 radical (unpaired) electrons. The van der Waals surface area contributed by atoms with Crippen molar-refractivity contribution in [2.45, 2.75) is 32.9 Å². The third kappa shape index (κ3) is 4.14. The lowest BCUT2D eigenvalue weighted by atomic mass is 10.2. The molecule has 0 aliphatic rings. The maximum atomic E-state index is 6.24. The molecule has 108 valence electrons. The molecule has 1 N–H and O–H groups in total. The summed E-state index contributed by atoms with van der Waals surface area (Å²) in [5.41, 5.74) is 0.989. The molecule has 0 aliphatic heterocycles. The Morgan fingerprint density at radius 1 is 1.20 bits per heavy atom. The number of hydrogen-bond donors (Lipinski definition) is 1. The number of rotatable bonds is 5. The lowest BCUT2D eigenvalue weighted by Crippen LogP contribution is -2.07. The van der Waals surface area contributed by atoms with Crippen LogP contribution in [0, 0.1) is 0 Å². The van der Waals surface area contributed by atoms with Gasteiger partial charge < -0.3 is 10.1 Å². The van der Waals surface area contributed by atoms with E-state index in [0.29, 0.717) is 5.02 Å². The van der Waals surface area contributed by atoms with Crippen LogP contribution in [-0.4, -0.2) is 6.10 Å². The Morgan fingerprint density at radius 3 is 2.50 bits per heavy atom. The summed E-state index contributed by atoms with van der Waals surface area (Å²) in [7, 11) is 0. The van der Waals surface area contributed by atoms with Gasteiger partial charge in [0.2, 0.25) is 0 Å². The Hall–Kier alpha value is -0.710. The molecule has 1 heterocycles. The first-order valence-electron chi connectivity index (χ1n) is 6.43. The molecule has 1 aromatic carbocycles. The summed E-state index contributed by atoms with van der Waals surface area (Å²) in [6.07, 6.45) is 0.119. The smallest absolute Gasteiger partial charge is 0.138 e. The highest BCUT2D eigenvalue weighted by Gasteiger charge is 2.10. The van der Waals surface area contributed by atoms with Crippen molar-refractivity contribution >= 4 is 44.6 Å². The summed E-state index contributed by atoms with van der Waals surface area (Å²) < 4.78 is 6.77. The van der Waals surface area contributed by atoms with Gasteiger partial charge in [-0.1, -0.05) is 11.6 Å². The molecule has 2 nitrogen and oxygen atoms in total. The molecule has 1 aromatic heterocycles. The van der Waals surface area contributed by atoms with Gasteiger partial charge in [0.15, 0.2) is 0 Å². The van der Waals surface area contributed by atoms with Crippen molar-refractivity contribution in [3.63, 3.8) is 0 Å². The molecule has 0 fully saturated rings. The van der Waals surface area contributed by atoms with Crippen molar-refractivity contribution in [3.05, 3.63) is 44.0 Å². The number of nitrogens with one attached hydrogen (secondary N) is 1. The van der Waals surface area contributed by atoms with E-state index in [2.05, 4.69) is 40.3 Å². The van der Waals surface area contributed by atoms with Crippen LogP contribution in [0.1, 0.15) is 31.7 Å². The minimum atomic E-state index is 0.119. The molecule has 20 heavy (non-hydrogen) atoms. The van der Waals surface area contributed by atoms with E-state index in [-0.39, 0.29) is 12.1 Å². The number of thiophene rings is 1. The molecule has 5 heteroatoms. The average Bonchev–Trinajstić information content (AvgIpc) is 2.79. The first-order valence-corrected chi connectivity index (χ1v) is 8.42. The van der Waals surface area contributed by atoms with E-state index in [4.69, 9.17) is 16.3 Å². The van der Waals surface area contributed by atoms with Gasteiger partial charge in [-0.3, -0.25) is 0 Å². The number of hydrogen-bond acceptors (Lipinski definition) is 3. The Morgan fingerprint density at radius 2 is 1.95 bits per heavy atom. The predicted octanol–water partition coefficient (Wildman–Crippen LogP) is 6.12. The predicted molar refractivity (Wildman–Crippen MR) is 91.3 cm³/mol. The normalized spacial score (nSPS) is 12.5. The maximum absolute atomic E-state index is 6.24. The van der Waals surface area contributed by atoms with Crippen molar-refractivity contribution in [1.29, 1.82) is 0 Å². The van der Waals surface area contributed by atoms with Crippen LogP contribution in [0.15, 0.2) is 34.1 Å². The van der Waals surface area contributed by atoms with Crippen molar-refractivity contribution in [1.82, 2.24) is 0 Å². The van der Waals surface area contributed by atoms with Crippen LogP contribution in [0.5, 0.6) is 5.75 Å². The zero-order chi connectivity index (χ0) is 14.7. The van der Waals surface area contributed by atoms with Crippen LogP contribution < -0.4 is 10.1 Å². The van der Waals surface area contributed by atoms with Gasteiger partial charge in [-0.2, -0.15) is 0 Å². The van der Waals surface area contributed by atoms with E-state index >= 15 is 0 Å². The minimum Gasteiger partial charge on any atom is -0.489 e. The van der Waals surface area contributed by atoms with Crippen LogP contribution in [0.3, 0.4) is 0 Å². The maximum Gasteiger partial charge on any atom is 0.138 e. The number of ether oxygens (including phenoxy) is 1. The molecular weight excluding hydrogens is 358 g/mol. The average molecular weight is 375 g/mol. The van der Waals surface area contributed by atoms with Gasteiger partial charge in [0.05, 0.1) is 21.0 Å². The summed E-state index contributed by atoms with van der Waals surface area (Å²) >= 11 is 11.4. The fourth-order valence-electron chi connectivity index (χ4n) is 1.82. The fraction of sp³-hybridized carbons (Fsp3) is 0.333. The topological polar surface area (TPSA) is 21.3 Å². The molecule has 2 rings (SSSR count). The third-order valence-corrected chi connectivity index (χ3v) is 4.80. The second-order valence-electron chi connectivity index (χ2n) is 4.82. The highest BCUT2D eigenvalue weighted by molar-refractivity contribution is 9.11. The van der Waals surface area contributed by atoms with Crippen LogP contribution in [0.4, 0.5) is 5.69 Å². The highest BCUT2D eigenvalue weighted by Crippen LogP contribution is 2.32. The fourth-order valence-corrected chi connectivity index (χ4v) is 3.47. The number of halogens is 2. The van der Waals surface area contributed by atoms with Crippen LogP contribution in [0.25, 0.3) is 0 Å². The van der Waals surface area contributed by atoms with Crippen molar-refractivity contribution in [3.8, 4) is 5.75 Å². The minimum absolute atomic E-state index is 0.119. The van der Waals surface area contributed by atoms with E-state index in [0.717, 1.165) is 15.2 Å². The summed E-state index contributed by atoms with van der Waals surface area (Å²) in [4.78, 5) is 1.27. The van der Waals surface area contributed by atoms with Gasteiger partial charge in [-0.15, -0.1) is 11.3 Å². The van der Waals surface area contributed by atoms with Gasteiger partial charge >= 0.3 is 0 Å². The van der Waals surface area contributed by atoms with Crippen molar-refractivity contribution in [2.24, 2.45) is 0 Å². The molecule has 0 amide bonds. The molecule has 1 unspecified atom stereocenters. The third-order valence-electron chi connectivity index (χ3n) is 2.70. The standard InChI is InChI=1S/C15H17BrClNOS/c1-9(2)19-13-5-4-11(8-12(13)17)18-10(3)14-6-7-15(16)20-14/h4-10,18H,1-3H3. The monoisotopic (exact) mass is 373 g/mol. The molecule has 0 aliphatic carbocycles. The molecule has 0 bridgehead atoms.